The lowest BCUT2D eigenvalue weighted by molar-refractivity contribution is 0.975. The molecule has 1 nitrogen and oxygen atoms in total. The van der Waals surface area contributed by atoms with E-state index in [4.69, 9.17) is 0 Å². The predicted molar refractivity (Wildman–Crippen MR) is 84.0 cm³/mol. The molecule has 0 fully saturated rings. The van der Waals surface area contributed by atoms with E-state index in [9.17, 15) is 0 Å². The molecule has 0 heterocycles. The summed E-state index contributed by atoms with van der Waals surface area (Å²) in [6.45, 7) is 0.856. The van der Waals surface area contributed by atoms with E-state index in [0.29, 0.717) is 0 Å². The van der Waals surface area contributed by atoms with Gasteiger partial charge in [0.05, 0.1) is 0 Å². The van der Waals surface area contributed by atoms with E-state index in [-0.39, 0.29) is 0 Å². The van der Waals surface area contributed by atoms with Crippen molar-refractivity contribution in [2.75, 3.05) is 4.90 Å². The third-order valence-corrected chi connectivity index (χ3v) is 3.26. The van der Waals surface area contributed by atoms with Crippen LogP contribution in [0.1, 0.15) is 5.56 Å². The SMILES string of the molecule is [c]1ccc(N(Cc2ccccc2)c2ccccc2)cc1. The number of benzene rings is 3. The number of nitrogens with zero attached hydrogens (tertiary/aromatic N) is 1. The molecule has 1 heteroatoms. The summed E-state index contributed by atoms with van der Waals surface area (Å²) in [4.78, 5) is 2.31. The van der Waals surface area contributed by atoms with E-state index in [0.717, 1.165) is 6.54 Å². The van der Waals surface area contributed by atoms with Crippen molar-refractivity contribution < 1.29 is 0 Å². The summed E-state index contributed by atoms with van der Waals surface area (Å²) in [5, 5.41) is 0. The van der Waals surface area contributed by atoms with Crippen LogP contribution in [0.15, 0.2) is 84.9 Å². The molecule has 0 spiro atoms. The Morgan fingerprint density at radius 3 is 1.85 bits per heavy atom. The normalized spacial score (nSPS) is 10.2. The number of para-hydroxylation sites is 1. The van der Waals surface area contributed by atoms with Crippen molar-refractivity contribution in [2.45, 2.75) is 6.54 Å². The largest absolute Gasteiger partial charge is 0.337 e. The van der Waals surface area contributed by atoms with Crippen molar-refractivity contribution in [1.29, 1.82) is 0 Å². The predicted octanol–water partition coefficient (Wildman–Crippen LogP) is 4.83. The topological polar surface area (TPSA) is 3.24 Å². The zero-order chi connectivity index (χ0) is 13.6. The first-order valence-corrected chi connectivity index (χ1v) is 6.76. The van der Waals surface area contributed by atoms with Crippen LogP contribution in [0.4, 0.5) is 11.4 Å². The van der Waals surface area contributed by atoms with Crippen molar-refractivity contribution in [2.24, 2.45) is 0 Å². The molecule has 0 aliphatic heterocycles. The molecular formula is C19H16N. The lowest BCUT2D eigenvalue weighted by Gasteiger charge is -2.25. The average Bonchev–Trinajstić information content (AvgIpc) is 2.55. The van der Waals surface area contributed by atoms with Gasteiger partial charge in [0.2, 0.25) is 0 Å². The molecule has 0 atom stereocenters. The molecule has 0 aromatic heterocycles. The standard InChI is InChI=1S/C19H16N/c1-4-10-17(11-5-1)16-20(18-12-6-2-7-13-18)19-14-8-3-9-15-19/h1-2,4-15H,16H2. The summed E-state index contributed by atoms with van der Waals surface area (Å²) in [5.74, 6) is 0. The van der Waals surface area contributed by atoms with E-state index in [1.165, 1.54) is 16.9 Å². The first kappa shape index (κ1) is 12.5. The van der Waals surface area contributed by atoms with E-state index in [1.54, 1.807) is 0 Å². The summed E-state index contributed by atoms with van der Waals surface area (Å²) in [7, 11) is 0. The molecule has 0 unspecified atom stereocenters. The quantitative estimate of drug-likeness (QED) is 0.648. The minimum atomic E-state index is 0.856. The molecule has 3 rings (SSSR count). The second kappa shape index (κ2) is 6.07. The zero-order valence-electron chi connectivity index (χ0n) is 11.2. The number of hydrogen-bond acceptors (Lipinski definition) is 1. The molecule has 0 aliphatic carbocycles. The van der Waals surface area contributed by atoms with E-state index in [2.05, 4.69) is 71.6 Å². The van der Waals surface area contributed by atoms with Gasteiger partial charge >= 0.3 is 0 Å². The van der Waals surface area contributed by atoms with Crippen LogP contribution in [0, 0.1) is 6.07 Å². The molecule has 0 bridgehead atoms. The van der Waals surface area contributed by atoms with Crippen molar-refractivity contribution >= 4 is 11.4 Å². The molecule has 0 saturated heterocycles. The number of hydrogen-bond donors (Lipinski definition) is 0. The van der Waals surface area contributed by atoms with Crippen LogP contribution in [0.5, 0.6) is 0 Å². The Balaban J connectivity index is 1.96. The van der Waals surface area contributed by atoms with Crippen LogP contribution in [0.25, 0.3) is 0 Å². The van der Waals surface area contributed by atoms with Gasteiger partial charge in [-0.25, -0.2) is 0 Å². The monoisotopic (exact) mass is 258 g/mol. The summed E-state index contributed by atoms with van der Waals surface area (Å²) >= 11 is 0. The third-order valence-electron chi connectivity index (χ3n) is 3.26. The molecule has 3 aromatic rings. The molecule has 97 valence electrons. The molecule has 0 N–H and O–H groups in total. The highest BCUT2D eigenvalue weighted by Gasteiger charge is 2.09. The summed E-state index contributed by atoms with van der Waals surface area (Å²) < 4.78 is 0. The Morgan fingerprint density at radius 2 is 1.20 bits per heavy atom. The first-order chi connectivity index (χ1) is 9.93. The smallest absolute Gasteiger partial charge is 0.0481 e. The van der Waals surface area contributed by atoms with Gasteiger partial charge in [-0.05, 0) is 35.9 Å². The van der Waals surface area contributed by atoms with E-state index < -0.39 is 0 Å². The zero-order valence-corrected chi connectivity index (χ0v) is 11.2. The van der Waals surface area contributed by atoms with Crippen molar-refractivity contribution in [1.82, 2.24) is 0 Å². The van der Waals surface area contributed by atoms with Crippen LogP contribution >= 0.6 is 0 Å². The molecule has 1 radical (unpaired) electrons. The second-order valence-corrected chi connectivity index (χ2v) is 4.67. The van der Waals surface area contributed by atoms with Crippen LogP contribution in [-0.4, -0.2) is 0 Å². The molecule has 0 saturated carbocycles. The summed E-state index contributed by atoms with van der Waals surface area (Å²) in [6, 6.07) is 32.2. The number of rotatable bonds is 4. The molecule has 0 amide bonds. The molecule has 20 heavy (non-hydrogen) atoms. The Bertz CT molecular complexity index is 593. The van der Waals surface area contributed by atoms with Gasteiger partial charge < -0.3 is 4.90 Å². The Morgan fingerprint density at radius 1 is 0.650 bits per heavy atom. The van der Waals surface area contributed by atoms with E-state index >= 15 is 0 Å². The second-order valence-electron chi connectivity index (χ2n) is 4.67. The maximum Gasteiger partial charge on any atom is 0.0481 e. The molecular weight excluding hydrogens is 242 g/mol. The highest BCUT2D eigenvalue weighted by molar-refractivity contribution is 5.63. The Hall–Kier alpha value is -2.54. The average molecular weight is 258 g/mol. The van der Waals surface area contributed by atoms with Gasteiger partial charge in [-0.2, -0.15) is 0 Å². The third kappa shape index (κ3) is 2.89. The lowest BCUT2D eigenvalue weighted by Crippen LogP contribution is -2.16. The van der Waals surface area contributed by atoms with Crippen LogP contribution in [0.3, 0.4) is 0 Å². The molecule has 0 aliphatic rings. The fourth-order valence-corrected chi connectivity index (χ4v) is 2.26. The van der Waals surface area contributed by atoms with Gasteiger partial charge in [-0.1, -0.05) is 60.7 Å². The van der Waals surface area contributed by atoms with E-state index in [1.807, 2.05) is 24.3 Å². The molecule has 3 aromatic carbocycles. The Kier molecular flexibility index (Phi) is 3.79. The van der Waals surface area contributed by atoms with Crippen molar-refractivity contribution in [3.05, 3.63) is 96.6 Å². The minimum absolute atomic E-state index is 0.856. The number of anilines is 2. The van der Waals surface area contributed by atoms with Crippen molar-refractivity contribution in [3.8, 4) is 0 Å². The van der Waals surface area contributed by atoms with Crippen molar-refractivity contribution in [3.63, 3.8) is 0 Å². The highest BCUT2D eigenvalue weighted by Crippen LogP contribution is 2.26. The lowest BCUT2D eigenvalue weighted by atomic mass is 10.1. The fraction of sp³-hybridized carbons (Fsp3) is 0.0526. The van der Waals surface area contributed by atoms with Crippen LogP contribution < -0.4 is 4.90 Å². The van der Waals surface area contributed by atoms with Gasteiger partial charge in [0, 0.05) is 17.9 Å². The Labute approximate surface area is 120 Å². The van der Waals surface area contributed by atoms with Gasteiger partial charge in [0.1, 0.15) is 0 Å². The summed E-state index contributed by atoms with van der Waals surface area (Å²) in [6.07, 6.45) is 0. The van der Waals surface area contributed by atoms with Crippen LogP contribution in [-0.2, 0) is 6.54 Å². The van der Waals surface area contributed by atoms with Gasteiger partial charge in [-0.3, -0.25) is 0 Å². The van der Waals surface area contributed by atoms with Gasteiger partial charge in [0.15, 0.2) is 0 Å². The maximum atomic E-state index is 3.08. The first-order valence-electron chi connectivity index (χ1n) is 6.76. The van der Waals surface area contributed by atoms with Crippen LogP contribution in [0.2, 0.25) is 0 Å². The van der Waals surface area contributed by atoms with Gasteiger partial charge in [0.25, 0.3) is 0 Å². The van der Waals surface area contributed by atoms with Gasteiger partial charge in [-0.15, -0.1) is 0 Å². The fourth-order valence-electron chi connectivity index (χ4n) is 2.26. The summed E-state index contributed by atoms with van der Waals surface area (Å²) in [5.41, 5.74) is 3.67. The minimum Gasteiger partial charge on any atom is -0.337 e. The maximum absolute atomic E-state index is 3.08. The highest BCUT2D eigenvalue weighted by atomic mass is 15.1.